The van der Waals surface area contributed by atoms with Crippen molar-refractivity contribution in [1.82, 2.24) is 18.9 Å². The normalized spacial score (nSPS) is 14.2. The summed E-state index contributed by atoms with van der Waals surface area (Å²) in [5.41, 5.74) is 11.6. The van der Waals surface area contributed by atoms with Gasteiger partial charge in [-0.15, -0.1) is 0 Å². The van der Waals surface area contributed by atoms with Gasteiger partial charge in [-0.2, -0.15) is 0 Å². The SMILES string of the molecule is CC1(C)c2ccccc2-c2nc(-n3c4ccccc4c4c5c6ccccc6n6c7ccccc7c(cc43)c56)nc3cccc1c23. The average molecular weight is 575 g/mol. The second-order valence-corrected chi connectivity index (χ2v) is 13.0. The topological polar surface area (TPSA) is 35.1 Å². The summed E-state index contributed by atoms with van der Waals surface area (Å²) < 4.78 is 4.76. The number of para-hydroxylation sites is 3. The third kappa shape index (κ3) is 2.71. The molecule has 11 rings (SSSR count). The molecule has 0 amide bonds. The van der Waals surface area contributed by atoms with Gasteiger partial charge in [0.2, 0.25) is 5.95 Å². The van der Waals surface area contributed by atoms with Gasteiger partial charge < -0.3 is 4.40 Å². The monoisotopic (exact) mass is 574 g/mol. The largest absolute Gasteiger partial charge is 0.308 e. The molecule has 0 atom stereocenters. The Morgan fingerprint density at radius 1 is 0.511 bits per heavy atom. The number of hydrogen-bond acceptors (Lipinski definition) is 2. The van der Waals surface area contributed by atoms with Gasteiger partial charge in [0, 0.05) is 48.7 Å². The molecule has 0 bridgehead atoms. The zero-order chi connectivity index (χ0) is 29.6. The first kappa shape index (κ1) is 23.7. The number of fused-ring (bicyclic) bond motifs is 12. The first-order valence-electron chi connectivity index (χ1n) is 15.6. The van der Waals surface area contributed by atoms with E-state index in [2.05, 4.69) is 144 Å². The highest BCUT2D eigenvalue weighted by molar-refractivity contribution is 6.35. The van der Waals surface area contributed by atoms with Crippen LogP contribution in [0, 0.1) is 0 Å². The van der Waals surface area contributed by atoms with Crippen molar-refractivity contribution in [3.8, 4) is 17.2 Å². The molecule has 210 valence electrons. The van der Waals surface area contributed by atoms with Crippen LogP contribution in [0.15, 0.2) is 121 Å². The fourth-order valence-electron chi connectivity index (χ4n) is 8.55. The summed E-state index contributed by atoms with van der Waals surface area (Å²) in [6, 6.07) is 44.0. The van der Waals surface area contributed by atoms with Crippen LogP contribution in [-0.2, 0) is 5.41 Å². The first-order valence-corrected chi connectivity index (χ1v) is 15.6. The van der Waals surface area contributed by atoms with Crippen LogP contribution in [0.1, 0.15) is 25.0 Å². The molecule has 1 aliphatic carbocycles. The van der Waals surface area contributed by atoms with Gasteiger partial charge in [-0.3, -0.25) is 4.57 Å². The van der Waals surface area contributed by atoms with Gasteiger partial charge in [0.25, 0.3) is 0 Å². The molecule has 10 aromatic rings. The number of aromatic nitrogens is 4. The number of benzene rings is 6. The number of rotatable bonds is 1. The fourth-order valence-corrected chi connectivity index (χ4v) is 8.55. The third-order valence-electron chi connectivity index (χ3n) is 10.4. The molecule has 6 aromatic carbocycles. The van der Waals surface area contributed by atoms with Crippen molar-refractivity contribution in [2.24, 2.45) is 0 Å². The Labute approximate surface area is 258 Å². The lowest BCUT2D eigenvalue weighted by Crippen LogP contribution is -2.24. The van der Waals surface area contributed by atoms with Gasteiger partial charge in [-0.25, -0.2) is 9.97 Å². The summed E-state index contributed by atoms with van der Waals surface area (Å²) in [7, 11) is 0. The molecular weight excluding hydrogens is 548 g/mol. The van der Waals surface area contributed by atoms with Crippen molar-refractivity contribution in [2.75, 3.05) is 0 Å². The molecule has 4 aromatic heterocycles. The molecule has 4 heteroatoms. The van der Waals surface area contributed by atoms with Crippen LogP contribution in [0.4, 0.5) is 0 Å². The predicted octanol–water partition coefficient (Wildman–Crippen LogP) is 10.2. The Morgan fingerprint density at radius 3 is 1.98 bits per heavy atom. The van der Waals surface area contributed by atoms with Crippen molar-refractivity contribution in [3.05, 3.63) is 132 Å². The van der Waals surface area contributed by atoms with Gasteiger partial charge in [-0.1, -0.05) is 105 Å². The fraction of sp³-hybridized carbons (Fsp3) is 0.0732. The summed E-state index contributed by atoms with van der Waals surface area (Å²) in [6.07, 6.45) is 0. The molecule has 0 saturated heterocycles. The van der Waals surface area contributed by atoms with Crippen LogP contribution in [0.2, 0.25) is 0 Å². The van der Waals surface area contributed by atoms with Crippen LogP contribution in [0.3, 0.4) is 0 Å². The van der Waals surface area contributed by atoms with E-state index in [4.69, 9.17) is 9.97 Å². The molecular formula is C41H26N4. The maximum absolute atomic E-state index is 5.47. The maximum atomic E-state index is 5.47. The zero-order valence-corrected chi connectivity index (χ0v) is 24.8. The van der Waals surface area contributed by atoms with Crippen LogP contribution < -0.4 is 0 Å². The highest BCUT2D eigenvalue weighted by Gasteiger charge is 2.35. The standard InChI is InChI=1S/C41H26N4/c1-41(2)28-16-7-3-13-24(28)38-37-29(41)17-11-18-30(37)42-40(43-38)45-33-21-10-5-14-25(33)35-34(45)22-27-23-12-4-8-19-31(23)44-32-20-9-6-15-26(32)36(35)39(27)44/h3-22H,1-2H3. The van der Waals surface area contributed by atoms with E-state index in [9.17, 15) is 0 Å². The first-order chi connectivity index (χ1) is 22.1. The molecule has 0 spiro atoms. The van der Waals surface area contributed by atoms with Crippen molar-refractivity contribution in [2.45, 2.75) is 19.3 Å². The van der Waals surface area contributed by atoms with Crippen molar-refractivity contribution in [1.29, 1.82) is 0 Å². The van der Waals surface area contributed by atoms with Crippen LogP contribution >= 0.6 is 0 Å². The van der Waals surface area contributed by atoms with E-state index in [-0.39, 0.29) is 5.41 Å². The van der Waals surface area contributed by atoms with E-state index >= 15 is 0 Å². The second kappa shape index (κ2) is 7.85. The van der Waals surface area contributed by atoms with Crippen LogP contribution in [0.5, 0.6) is 0 Å². The van der Waals surface area contributed by atoms with E-state index < -0.39 is 0 Å². The smallest absolute Gasteiger partial charge is 0.235 e. The van der Waals surface area contributed by atoms with Crippen LogP contribution in [0.25, 0.3) is 88.0 Å². The predicted molar refractivity (Wildman–Crippen MR) is 186 cm³/mol. The Bertz CT molecular complexity index is 2900. The van der Waals surface area contributed by atoms with Gasteiger partial charge in [-0.05, 0) is 41.5 Å². The molecule has 0 unspecified atom stereocenters. The lowest BCUT2D eigenvalue weighted by molar-refractivity contribution is 0.643. The molecule has 4 heterocycles. The Morgan fingerprint density at radius 2 is 1.16 bits per heavy atom. The van der Waals surface area contributed by atoms with Crippen molar-refractivity contribution >= 4 is 70.8 Å². The zero-order valence-electron chi connectivity index (χ0n) is 24.8. The molecule has 1 aliphatic rings. The van der Waals surface area contributed by atoms with Crippen molar-refractivity contribution < 1.29 is 0 Å². The lowest BCUT2D eigenvalue weighted by Gasteiger charge is -2.34. The minimum Gasteiger partial charge on any atom is -0.308 e. The second-order valence-electron chi connectivity index (χ2n) is 13.0. The Hall–Kier alpha value is -5.74. The average Bonchev–Trinajstić information content (AvgIpc) is 3.71. The summed E-state index contributed by atoms with van der Waals surface area (Å²) in [4.78, 5) is 10.8. The Balaban J connectivity index is 1.37. The highest BCUT2D eigenvalue weighted by Crippen LogP contribution is 2.49. The van der Waals surface area contributed by atoms with Crippen molar-refractivity contribution in [3.63, 3.8) is 0 Å². The molecule has 4 nitrogen and oxygen atoms in total. The van der Waals surface area contributed by atoms with Gasteiger partial charge >= 0.3 is 0 Å². The molecule has 0 aliphatic heterocycles. The summed E-state index contributed by atoms with van der Waals surface area (Å²) in [5, 5.41) is 8.70. The molecule has 0 saturated carbocycles. The molecule has 0 N–H and O–H groups in total. The molecule has 0 fully saturated rings. The van der Waals surface area contributed by atoms with E-state index in [1.165, 1.54) is 65.6 Å². The summed E-state index contributed by atoms with van der Waals surface area (Å²) in [5.74, 6) is 0.705. The molecule has 0 radical (unpaired) electrons. The third-order valence-corrected chi connectivity index (χ3v) is 10.4. The quantitative estimate of drug-likeness (QED) is 0.196. The molecule has 45 heavy (non-hydrogen) atoms. The minimum absolute atomic E-state index is 0.141. The summed E-state index contributed by atoms with van der Waals surface area (Å²) >= 11 is 0. The number of hydrogen-bond donors (Lipinski definition) is 0. The van der Waals surface area contributed by atoms with Gasteiger partial charge in [0.15, 0.2) is 0 Å². The maximum Gasteiger partial charge on any atom is 0.235 e. The summed E-state index contributed by atoms with van der Waals surface area (Å²) in [6.45, 7) is 4.62. The van der Waals surface area contributed by atoms with E-state index in [1.54, 1.807) is 0 Å². The highest BCUT2D eigenvalue weighted by atomic mass is 15.2. The minimum atomic E-state index is -0.141. The van der Waals surface area contributed by atoms with E-state index in [1.807, 2.05) is 0 Å². The Kier molecular flexibility index (Phi) is 4.13. The van der Waals surface area contributed by atoms with E-state index in [0.717, 1.165) is 27.6 Å². The van der Waals surface area contributed by atoms with Gasteiger partial charge in [0.05, 0.1) is 38.8 Å². The lowest BCUT2D eigenvalue weighted by atomic mass is 9.70. The van der Waals surface area contributed by atoms with E-state index in [0.29, 0.717) is 5.95 Å². The van der Waals surface area contributed by atoms with Crippen LogP contribution in [-0.4, -0.2) is 18.9 Å². The van der Waals surface area contributed by atoms with Gasteiger partial charge in [0.1, 0.15) is 0 Å². The number of nitrogens with zero attached hydrogens (tertiary/aromatic N) is 4.